The lowest BCUT2D eigenvalue weighted by atomic mass is 10.1. The van der Waals surface area contributed by atoms with Gasteiger partial charge in [0.25, 0.3) is 0 Å². The molecule has 0 saturated carbocycles. The van der Waals surface area contributed by atoms with Gasteiger partial charge in [0.1, 0.15) is 5.82 Å². The van der Waals surface area contributed by atoms with Crippen LogP contribution in [0.15, 0.2) is 67.0 Å². The van der Waals surface area contributed by atoms with Crippen LogP contribution in [0.4, 0.5) is 23.1 Å². The van der Waals surface area contributed by atoms with Gasteiger partial charge in [-0.15, -0.1) is 0 Å². The summed E-state index contributed by atoms with van der Waals surface area (Å²) in [6.45, 7) is 2.75. The van der Waals surface area contributed by atoms with E-state index < -0.39 is 0 Å². The first-order valence-corrected chi connectivity index (χ1v) is 10.8. The summed E-state index contributed by atoms with van der Waals surface area (Å²) in [6, 6.07) is 18.0. The van der Waals surface area contributed by atoms with E-state index in [-0.39, 0.29) is 0 Å². The quantitative estimate of drug-likeness (QED) is 0.413. The van der Waals surface area contributed by atoms with Gasteiger partial charge in [-0.3, -0.25) is 4.98 Å². The average Bonchev–Trinajstić information content (AvgIpc) is 3.33. The molecule has 0 bridgehead atoms. The van der Waals surface area contributed by atoms with E-state index in [0.717, 1.165) is 52.7 Å². The lowest BCUT2D eigenvalue weighted by Crippen LogP contribution is -2.20. The molecule has 156 valence electrons. The van der Waals surface area contributed by atoms with Gasteiger partial charge in [-0.25, -0.2) is 4.98 Å². The Bertz CT molecular complexity index is 1210. The third-order valence-corrected chi connectivity index (χ3v) is 5.65. The van der Waals surface area contributed by atoms with E-state index in [2.05, 4.69) is 54.8 Å². The van der Waals surface area contributed by atoms with Crippen molar-refractivity contribution in [2.45, 2.75) is 19.4 Å². The predicted molar refractivity (Wildman–Crippen MR) is 127 cm³/mol. The Morgan fingerprint density at radius 3 is 2.71 bits per heavy atom. The highest BCUT2D eigenvalue weighted by molar-refractivity contribution is 6.31. The SMILES string of the molecule is Clc1ccc2c(Nc3cccc(CNc4ccnc(N5CCCC5)n4)c3)ccnc2c1. The number of anilines is 4. The summed E-state index contributed by atoms with van der Waals surface area (Å²) >= 11 is 6.10. The molecule has 2 N–H and O–H groups in total. The summed E-state index contributed by atoms with van der Waals surface area (Å²) in [6.07, 6.45) is 6.03. The molecule has 0 amide bonds. The molecular formula is C24H23ClN6. The van der Waals surface area contributed by atoms with Crippen molar-refractivity contribution in [3.05, 3.63) is 77.6 Å². The monoisotopic (exact) mass is 430 g/mol. The zero-order chi connectivity index (χ0) is 21.0. The highest BCUT2D eigenvalue weighted by Crippen LogP contribution is 2.27. The first kappa shape index (κ1) is 19.6. The minimum Gasteiger partial charge on any atom is -0.366 e. The van der Waals surface area contributed by atoms with Crippen molar-refractivity contribution in [1.29, 1.82) is 0 Å². The topological polar surface area (TPSA) is 66.0 Å². The second-order valence-corrected chi connectivity index (χ2v) is 8.07. The maximum Gasteiger partial charge on any atom is 0.227 e. The van der Waals surface area contributed by atoms with Gasteiger partial charge in [0, 0.05) is 53.8 Å². The lowest BCUT2D eigenvalue weighted by molar-refractivity contribution is 0.896. The van der Waals surface area contributed by atoms with Crippen LogP contribution >= 0.6 is 11.6 Å². The minimum atomic E-state index is 0.679. The molecule has 0 atom stereocenters. The number of rotatable bonds is 6. The van der Waals surface area contributed by atoms with Crippen molar-refractivity contribution < 1.29 is 0 Å². The van der Waals surface area contributed by atoms with Crippen LogP contribution in [0.1, 0.15) is 18.4 Å². The lowest BCUT2D eigenvalue weighted by Gasteiger charge is -2.16. The molecule has 2 aromatic carbocycles. The molecule has 0 aliphatic carbocycles. The van der Waals surface area contributed by atoms with E-state index >= 15 is 0 Å². The van der Waals surface area contributed by atoms with Crippen LogP contribution in [0.2, 0.25) is 5.02 Å². The molecule has 31 heavy (non-hydrogen) atoms. The van der Waals surface area contributed by atoms with Gasteiger partial charge in [-0.2, -0.15) is 4.98 Å². The second-order valence-electron chi connectivity index (χ2n) is 7.63. The van der Waals surface area contributed by atoms with Gasteiger partial charge in [-0.05, 0) is 60.9 Å². The summed E-state index contributed by atoms with van der Waals surface area (Å²) in [5.41, 5.74) is 4.04. The molecule has 7 heteroatoms. The van der Waals surface area contributed by atoms with Gasteiger partial charge in [0.2, 0.25) is 5.95 Å². The molecule has 6 nitrogen and oxygen atoms in total. The molecule has 4 aromatic rings. The largest absolute Gasteiger partial charge is 0.366 e. The summed E-state index contributed by atoms with van der Waals surface area (Å²) in [7, 11) is 0. The van der Waals surface area contributed by atoms with E-state index in [1.165, 1.54) is 12.8 Å². The molecule has 0 radical (unpaired) electrons. The van der Waals surface area contributed by atoms with Crippen LogP contribution < -0.4 is 15.5 Å². The van der Waals surface area contributed by atoms with Crippen molar-refractivity contribution >= 4 is 45.6 Å². The van der Waals surface area contributed by atoms with Gasteiger partial charge in [0.05, 0.1) is 5.52 Å². The number of fused-ring (bicyclic) bond motifs is 1. The predicted octanol–water partition coefficient (Wildman–Crippen LogP) is 5.63. The van der Waals surface area contributed by atoms with Crippen LogP contribution in [0.3, 0.4) is 0 Å². The van der Waals surface area contributed by atoms with Crippen molar-refractivity contribution in [2.75, 3.05) is 28.6 Å². The van der Waals surface area contributed by atoms with Crippen molar-refractivity contribution in [1.82, 2.24) is 15.0 Å². The molecule has 1 fully saturated rings. The van der Waals surface area contributed by atoms with E-state index in [1.54, 1.807) is 6.20 Å². The van der Waals surface area contributed by atoms with Gasteiger partial charge in [0.15, 0.2) is 0 Å². The van der Waals surface area contributed by atoms with Crippen molar-refractivity contribution in [3.63, 3.8) is 0 Å². The van der Waals surface area contributed by atoms with Gasteiger partial charge in [-0.1, -0.05) is 23.7 Å². The summed E-state index contributed by atoms with van der Waals surface area (Å²) in [4.78, 5) is 15.7. The smallest absolute Gasteiger partial charge is 0.227 e. The van der Waals surface area contributed by atoms with Gasteiger partial charge < -0.3 is 15.5 Å². The average molecular weight is 431 g/mol. The Labute approximate surface area is 186 Å². The number of halogens is 1. The highest BCUT2D eigenvalue weighted by atomic mass is 35.5. The number of hydrogen-bond donors (Lipinski definition) is 2. The van der Waals surface area contributed by atoms with Crippen LogP contribution in [0.25, 0.3) is 10.9 Å². The van der Waals surface area contributed by atoms with E-state index in [4.69, 9.17) is 11.6 Å². The molecule has 1 aliphatic heterocycles. The number of nitrogens with zero attached hydrogens (tertiary/aromatic N) is 4. The van der Waals surface area contributed by atoms with Crippen LogP contribution in [0, 0.1) is 0 Å². The first-order valence-electron chi connectivity index (χ1n) is 10.5. The Hall–Kier alpha value is -3.38. The Kier molecular flexibility index (Phi) is 5.54. The second kappa shape index (κ2) is 8.78. The molecule has 1 saturated heterocycles. The third kappa shape index (κ3) is 4.54. The number of nitrogens with one attached hydrogen (secondary N) is 2. The fourth-order valence-electron chi connectivity index (χ4n) is 3.85. The number of aromatic nitrogens is 3. The normalized spacial score (nSPS) is 13.5. The van der Waals surface area contributed by atoms with E-state index in [9.17, 15) is 0 Å². The van der Waals surface area contributed by atoms with E-state index in [0.29, 0.717) is 11.6 Å². The molecule has 5 rings (SSSR count). The van der Waals surface area contributed by atoms with Crippen LogP contribution in [-0.4, -0.2) is 28.0 Å². The number of benzene rings is 2. The van der Waals surface area contributed by atoms with E-state index in [1.807, 2.05) is 36.5 Å². The Balaban J connectivity index is 1.29. The maximum absolute atomic E-state index is 6.10. The van der Waals surface area contributed by atoms with Crippen molar-refractivity contribution in [3.8, 4) is 0 Å². The maximum atomic E-state index is 6.10. The fraction of sp³-hybridized carbons (Fsp3) is 0.208. The highest BCUT2D eigenvalue weighted by Gasteiger charge is 2.14. The number of pyridine rings is 1. The van der Waals surface area contributed by atoms with Crippen LogP contribution in [-0.2, 0) is 6.54 Å². The molecule has 0 unspecified atom stereocenters. The molecule has 1 aliphatic rings. The fourth-order valence-corrected chi connectivity index (χ4v) is 4.02. The molecule has 3 heterocycles. The number of hydrogen-bond acceptors (Lipinski definition) is 6. The third-order valence-electron chi connectivity index (χ3n) is 5.42. The van der Waals surface area contributed by atoms with Gasteiger partial charge >= 0.3 is 0 Å². The molecule has 2 aromatic heterocycles. The minimum absolute atomic E-state index is 0.679. The van der Waals surface area contributed by atoms with Crippen LogP contribution in [0.5, 0.6) is 0 Å². The summed E-state index contributed by atoms with van der Waals surface area (Å²) < 4.78 is 0. The summed E-state index contributed by atoms with van der Waals surface area (Å²) in [5, 5.41) is 8.65. The van der Waals surface area contributed by atoms with Crippen molar-refractivity contribution in [2.24, 2.45) is 0 Å². The Morgan fingerprint density at radius 2 is 1.81 bits per heavy atom. The zero-order valence-corrected chi connectivity index (χ0v) is 17.8. The molecule has 0 spiro atoms. The molecular weight excluding hydrogens is 408 g/mol. The summed E-state index contributed by atoms with van der Waals surface area (Å²) in [5.74, 6) is 1.65. The first-order chi connectivity index (χ1) is 15.2. The Morgan fingerprint density at radius 1 is 0.935 bits per heavy atom. The standard InChI is InChI=1S/C24H23ClN6/c25-18-6-7-20-21(8-10-26-22(20)15-18)29-19-5-3-4-17(14-19)16-28-23-9-11-27-24(30-23)31-12-1-2-13-31/h3-11,14-15H,1-2,12-13,16H2,(H,26,29)(H,27,28,30). The zero-order valence-electron chi connectivity index (χ0n) is 17.1.